The third-order valence-corrected chi connectivity index (χ3v) is 8.12. The predicted molar refractivity (Wildman–Crippen MR) is 139 cm³/mol. The van der Waals surface area contributed by atoms with Gasteiger partial charge in [-0.3, -0.25) is 9.05 Å². The van der Waals surface area contributed by atoms with Crippen molar-refractivity contribution in [3.63, 3.8) is 0 Å². The molecule has 0 radical (unpaired) electrons. The smallest absolute Gasteiger partial charge is 0.369 e. The first-order valence-corrected chi connectivity index (χ1v) is 13.8. The van der Waals surface area contributed by atoms with Gasteiger partial charge in [0.1, 0.15) is 12.2 Å². The molecule has 0 saturated carbocycles. The molecule has 2 fully saturated rings. The Morgan fingerprint density at radius 1 is 0.541 bits per heavy atom. The van der Waals surface area contributed by atoms with E-state index in [2.05, 4.69) is 0 Å². The molecule has 4 aromatic rings. The van der Waals surface area contributed by atoms with E-state index in [-0.39, 0.29) is 0 Å². The lowest BCUT2D eigenvalue weighted by atomic mass is 9.71. The quantitative estimate of drug-likeness (QED) is 0.347. The Bertz CT molecular complexity index is 1200. The van der Waals surface area contributed by atoms with Crippen molar-refractivity contribution >= 4 is 7.82 Å². The van der Waals surface area contributed by atoms with Gasteiger partial charge in [-0.1, -0.05) is 121 Å². The highest BCUT2D eigenvalue weighted by Crippen LogP contribution is 2.64. The van der Waals surface area contributed by atoms with Gasteiger partial charge in [-0.2, -0.15) is 0 Å². The van der Waals surface area contributed by atoms with Crippen molar-refractivity contribution in [2.24, 2.45) is 0 Å². The molecule has 0 amide bonds. The summed E-state index contributed by atoms with van der Waals surface area (Å²) < 4.78 is 39.8. The van der Waals surface area contributed by atoms with Gasteiger partial charge in [-0.15, -0.1) is 0 Å². The molecule has 2 saturated heterocycles. The minimum Gasteiger partial charge on any atom is -0.369 e. The van der Waals surface area contributed by atoms with E-state index in [0.29, 0.717) is 35.5 Å². The van der Waals surface area contributed by atoms with E-state index in [1.807, 2.05) is 121 Å². The van der Waals surface area contributed by atoms with Crippen LogP contribution in [0.3, 0.4) is 0 Å². The van der Waals surface area contributed by atoms with Gasteiger partial charge in [0, 0.05) is 0 Å². The molecule has 2 aliphatic heterocycles. The van der Waals surface area contributed by atoms with Crippen LogP contribution in [0.1, 0.15) is 22.3 Å². The zero-order valence-electron chi connectivity index (χ0n) is 20.1. The van der Waals surface area contributed by atoms with Gasteiger partial charge in [0.2, 0.25) is 0 Å². The SMILES string of the molecule is O=P1(O)OC(c2ccccc2)(c2ccccc2)C2OCCOC2C(c2ccccc2)(c2ccccc2)O1. The Morgan fingerprint density at radius 2 is 0.811 bits per heavy atom. The average Bonchev–Trinajstić information content (AvgIpc) is 3.06. The summed E-state index contributed by atoms with van der Waals surface area (Å²) in [4.78, 5) is 11.5. The third kappa shape index (κ3) is 4.07. The molecule has 4 aromatic carbocycles. The second-order valence-electron chi connectivity index (χ2n) is 9.17. The highest BCUT2D eigenvalue weighted by molar-refractivity contribution is 7.47. The zero-order chi connectivity index (χ0) is 25.3. The first-order valence-electron chi connectivity index (χ1n) is 12.3. The fraction of sp³-hybridized carbons (Fsp3) is 0.200. The summed E-state index contributed by atoms with van der Waals surface area (Å²) in [6.45, 7) is 0.586. The van der Waals surface area contributed by atoms with Crippen LogP contribution in [-0.4, -0.2) is 30.3 Å². The number of ether oxygens (including phenoxy) is 2. The molecular formula is C30H27O6P. The van der Waals surface area contributed by atoms with Gasteiger partial charge < -0.3 is 14.4 Å². The summed E-state index contributed by atoms with van der Waals surface area (Å²) in [6, 6.07) is 37.5. The van der Waals surface area contributed by atoms with Crippen molar-refractivity contribution in [3.05, 3.63) is 144 Å². The van der Waals surface area contributed by atoms with Gasteiger partial charge in [0.05, 0.1) is 13.2 Å². The van der Waals surface area contributed by atoms with Crippen molar-refractivity contribution in [2.45, 2.75) is 23.4 Å². The summed E-state index contributed by atoms with van der Waals surface area (Å²) in [7, 11) is -4.77. The Kier molecular flexibility index (Phi) is 6.33. The van der Waals surface area contributed by atoms with Crippen LogP contribution in [0.4, 0.5) is 0 Å². The maximum atomic E-state index is 14.1. The van der Waals surface area contributed by atoms with Crippen LogP contribution in [-0.2, 0) is 34.3 Å². The lowest BCUT2D eigenvalue weighted by Crippen LogP contribution is -2.60. The van der Waals surface area contributed by atoms with Gasteiger partial charge in [-0.05, 0) is 22.3 Å². The topological polar surface area (TPSA) is 74.2 Å². The largest absolute Gasteiger partial charge is 0.474 e. The molecule has 2 atom stereocenters. The van der Waals surface area contributed by atoms with Gasteiger partial charge in [0.25, 0.3) is 0 Å². The number of rotatable bonds is 4. The predicted octanol–water partition coefficient (Wildman–Crippen LogP) is 5.81. The molecule has 0 aromatic heterocycles. The lowest BCUT2D eigenvalue weighted by Gasteiger charge is -2.48. The van der Waals surface area contributed by atoms with Gasteiger partial charge in [0.15, 0.2) is 11.2 Å². The number of hydrogen-bond acceptors (Lipinski definition) is 5. The number of hydrogen-bond donors (Lipinski definition) is 1. The molecule has 1 N–H and O–H groups in total. The van der Waals surface area contributed by atoms with Gasteiger partial charge in [-0.25, -0.2) is 4.57 Å². The highest BCUT2D eigenvalue weighted by Gasteiger charge is 2.65. The average molecular weight is 515 g/mol. The minimum atomic E-state index is -4.77. The van der Waals surface area contributed by atoms with E-state index < -0.39 is 31.2 Å². The molecule has 0 spiro atoms. The second-order valence-corrected chi connectivity index (χ2v) is 10.5. The van der Waals surface area contributed by atoms with Crippen LogP contribution in [0.5, 0.6) is 0 Å². The number of benzene rings is 4. The van der Waals surface area contributed by atoms with Crippen LogP contribution in [0.2, 0.25) is 0 Å². The van der Waals surface area contributed by atoms with Crippen molar-refractivity contribution in [1.29, 1.82) is 0 Å². The van der Waals surface area contributed by atoms with Gasteiger partial charge >= 0.3 is 7.82 Å². The standard InChI is InChI=1S/C30H27O6P/c31-37(32)35-29(23-13-5-1-6-14-23,24-15-7-2-8-16-24)27-28(34-22-21-33-27)30(36-37,25-17-9-3-10-18-25)26-19-11-4-12-20-26/h1-20,27-28H,21-22H2,(H,31,32). The van der Waals surface area contributed by atoms with Crippen LogP contribution < -0.4 is 0 Å². The molecule has 2 unspecified atom stereocenters. The first kappa shape index (κ1) is 24.3. The molecule has 37 heavy (non-hydrogen) atoms. The Balaban J connectivity index is 1.70. The lowest BCUT2D eigenvalue weighted by molar-refractivity contribution is -0.219. The number of fused-ring (bicyclic) bond motifs is 1. The minimum absolute atomic E-state index is 0.293. The van der Waals surface area contributed by atoms with Crippen LogP contribution in [0, 0.1) is 0 Å². The molecule has 2 aliphatic rings. The van der Waals surface area contributed by atoms with Crippen molar-refractivity contribution in [2.75, 3.05) is 13.2 Å². The fourth-order valence-electron chi connectivity index (χ4n) is 5.62. The molecule has 0 aliphatic carbocycles. The van der Waals surface area contributed by atoms with E-state index in [1.165, 1.54) is 0 Å². The second kappa shape index (κ2) is 9.66. The maximum absolute atomic E-state index is 14.1. The highest BCUT2D eigenvalue weighted by atomic mass is 31.2. The maximum Gasteiger partial charge on any atom is 0.474 e. The fourth-order valence-corrected chi connectivity index (χ4v) is 7.01. The number of phosphoric ester groups is 1. The van der Waals surface area contributed by atoms with E-state index in [9.17, 15) is 9.46 Å². The first-order chi connectivity index (χ1) is 18.1. The van der Waals surface area contributed by atoms with Crippen molar-refractivity contribution in [1.82, 2.24) is 0 Å². The summed E-state index contributed by atoms with van der Waals surface area (Å²) in [5.41, 5.74) is -0.340. The Morgan fingerprint density at radius 3 is 1.08 bits per heavy atom. The van der Waals surface area contributed by atoms with Crippen molar-refractivity contribution in [3.8, 4) is 0 Å². The van der Waals surface area contributed by atoms with E-state index in [0.717, 1.165) is 0 Å². The van der Waals surface area contributed by atoms with Crippen LogP contribution in [0.15, 0.2) is 121 Å². The zero-order valence-corrected chi connectivity index (χ0v) is 20.9. The van der Waals surface area contributed by atoms with Crippen LogP contribution >= 0.6 is 7.82 Å². The summed E-state index contributed by atoms with van der Waals surface area (Å²) in [5.74, 6) is 0. The molecular weight excluding hydrogens is 487 g/mol. The Hall–Kier alpha value is -3.09. The van der Waals surface area contributed by atoms with E-state index >= 15 is 0 Å². The molecule has 6 rings (SSSR count). The summed E-state index contributed by atoms with van der Waals surface area (Å²) in [6.07, 6.45) is -1.68. The molecule has 188 valence electrons. The molecule has 6 nitrogen and oxygen atoms in total. The van der Waals surface area contributed by atoms with E-state index in [4.69, 9.17) is 18.5 Å². The summed E-state index contributed by atoms with van der Waals surface area (Å²) in [5, 5.41) is 0. The molecule has 0 bridgehead atoms. The normalized spacial score (nSPS) is 26.5. The summed E-state index contributed by atoms with van der Waals surface area (Å²) >= 11 is 0. The van der Waals surface area contributed by atoms with Crippen molar-refractivity contribution < 1.29 is 28.0 Å². The van der Waals surface area contributed by atoms with E-state index in [1.54, 1.807) is 0 Å². The monoisotopic (exact) mass is 514 g/mol. The third-order valence-electron chi connectivity index (χ3n) is 7.08. The molecule has 7 heteroatoms. The molecule has 2 heterocycles. The Labute approximate surface area is 216 Å². The number of phosphoric acid groups is 1. The van der Waals surface area contributed by atoms with Crippen LogP contribution in [0.25, 0.3) is 0 Å².